The highest BCUT2D eigenvalue weighted by Crippen LogP contribution is 2.38. The van der Waals surface area contributed by atoms with E-state index in [1.165, 1.54) is 12.1 Å². The van der Waals surface area contributed by atoms with Gasteiger partial charge in [0.15, 0.2) is 0 Å². The Morgan fingerprint density at radius 1 is 1.39 bits per heavy atom. The lowest BCUT2D eigenvalue weighted by molar-refractivity contribution is 0.102. The maximum Gasteiger partial charge on any atom is 0.258 e. The fourth-order valence-corrected chi connectivity index (χ4v) is 2.65. The van der Waals surface area contributed by atoms with E-state index in [0.29, 0.717) is 18.0 Å². The number of benzene rings is 2. The molecule has 0 bridgehead atoms. The van der Waals surface area contributed by atoms with Gasteiger partial charge in [0.25, 0.3) is 5.91 Å². The third-order valence-corrected chi connectivity index (χ3v) is 3.66. The van der Waals surface area contributed by atoms with Crippen LogP contribution in [-0.4, -0.2) is 18.6 Å². The Hall–Kier alpha value is -2.56. The normalized spacial score (nSPS) is 15.7. The van der Waals surface area contributed by atoms with Crippen LogP contribution in [0.2, 0.25) is 0 Å². The van der Waals surface area contributed by atoms with Crippen molar-refractivity contribution in [3.63, 3.8) is 0 Å². The van der Waals surface area contributed by atoms with E-state index in [2.05, 4.69) is 5.32 Å². The Morgan fingerprint density at radius 3 is 2.91 bits per heavy atom. The van der Waals surface area contributed by atoms with Crippen LogP contribution in [0.25, 0.3) is 0 Å². The van der Waals surface area contributed by atoms with E-state index in [0.717, 1.165) is 17.7 Å². The van der Waals surface area contributed by atoms with Gasteiger partial charge in [0.05, 0.1) is 17.9 Å². The second kappa shape index (κ2) is 6.28. The van der Waals surface area contributed by atoms with Crippen LogP contribution in [0.15, 0.2) is 36.4 Å². The molecule has 0 radical (unpaired) electrons. The maximum absolute atomic E-state index is 13.7. The van der Waals surface area contributed by atoms with E-state index in [1.807, 2.05) is 19.9 Å². The molecule has 1 aliphatic rings. The summed E-state index contributed by atoms with van der Waals surface area (Å²) in [6, 6.07) is 9.47. The smallest absolute Gasteiger partial charge is 0.258 e. The molecule has 120 valence electrons. The van der Waals surface area contributed by atoms with Gasteiger partial charge in [-0.3, -0.25) is 4.79 Å². The van der Waals surface area contributed by atoms with Crippen LogP contribution in [0.4, 0.5) is 10.1 Å². The first-order valence-corrected chi connectivity index (χ1v) is 7.60. The van der Waals surface area contributed by atoms with Gasteiger partial charge in [-0.05, 0) is 32.0 Å². The highest BCUT2D eigenvalue weighted by atomic mass is 19.1. The molecule has 1 atom stereocenters. The Morgan fingerprint density at radius 2 is 2.17 bits per heavy atom. The lowest BCUT2D eigenvalue weighted by atomic mass is 10.1. The predicted octanol–water partition coefficient (Wildman–Crippen LogP) is 3.80. The van der Waals surface area contributed by atoms with Crippen molar-refractivity contribution in [3.05, 3.63) is 53.3 Å². The number of ether oxygens (including phenoxy) is 2. The van der Waals surface area contributed by atoms with E-state index in [9.17, 15) is 9.18 Å². The SMILES string of the molecule is CCOc1cc2c(cc1NC(=O)c1ccccc1F)O[C@@H](C)C2. The summed E-state index contributed by atoms with van der Waals surface area (Å²) >= 11 is 0. The number of carbonyl (C=O) groups excluding carboxylic acids is 1. The standard InChI is InChI=1S/C18H18FNO3/c1-3-22-17-9-12-8-11(2)23-16(12)10-15(17)20-18(21)13-6-4-5-7-14(13)19/h4-7,9-11H,3,8H2,1-2H3,(H,20,21)/t11-/m0/s1. The zero-order valence-electron chi connectivity index (χ0n) is 13.1. The number of hydrogen-bond acceptors (Lipinski definition) is 3. The number of halogens is 1. The monoisotopic (exact) mass is 315 g/mol. The molecule has 0 aromatic heterocycles. The number of anilines is 1. The number of rotatable bonds is 4. The summed E-state index contributed by atoms with van der Waals surface area (Å²) in [6.07, 6.45) is 0.897. The maximum atomic E-state index is 13.7. The van der Waals surface area contributed by atoms with Crippen molar-refractivity contribution >= 4 is 11.6 Å². The molecular formula is C18H18FNO3. The topological polar surface area (TPSA) is 47.6 Å². The highest BCUT2D eigenvalue weighted by Gasteiger charge is 2.23. The van der Waals surface area contributed by atoms with Crippen molar-refractivity contribution in [3.8, 4) is 11.5 Å². The third-order valence-electron chi connectivity index (χ3n) is 3.66. The van der Waals surface area contributed by atoms with Gasteiger partial charge in [-0.25, -0.2) is 4.39 Å². The molecule has 1 amide bonds. The van der Waals surface area contributed by atoms with E-state index < -0.39 is 11.7 Å². The van der Waals surface area contributed by atoms with Gasteiger partial charge in [0.1, 0.15) is 23.4 Å². The van der Waals surface area contributed by atoms with E-state index in [-0.39, 0.29) is 11.7 Å². The molecule has 0 spiro atoms. The summed E-state index contributed by atoms with van der Waals surface area (Å²) in [5.74, 6) is 0.211. The number of nitrogens with one attached hydrogen (secondary N) is 1. The number of hydrogen-bond donors (Lipinski definition) is 1. The lowest BCUT2D eigenvalue weighted by Crippen LogP contribution is -2.14. The van der Waals surface area contributed by atoms with E-state index in [4.69, 9.17) is 9.47 Å². The number of carbonyl (C=O) groups is 1. The molecule has 23 heavy (non-hydrogen) atoms. The molecule has 1 heterocycles. The molecule has 1 aliphatic heterocycles. The minimum Gasteiger partial charge on any atom is -0.492 e. The summed E-state index contributed by atoms with van der Waals surface area (Å²) in [4.78, 5) is 12.3. The van der Waals surface area contributed by atoms with Crippen molar-refractivity contribution in [2.75, 3.05) is 11.9 Å². The van der Waals surface area contributed by atoms with Gasteiger partial charge >= 0.3 is 0 Å². The van der Waals surface area contributed by atoms with Crippen molar-refractivity contribution in [1.82, 2.24) is 0 Å². The first-order valence-electron chi connectivity index (χ1n) is 7.60. The van der Waals surface area contributed by atoms with Gasteiger partial charge < -0.3 is 14.8 Å². The van der Waals surface area contributed by atoms with Gasteiger partial charge in [-0.2, -0.15) is 0 Å². The van der Waals surface area contributed by atoms with Crippen LogP contribution in [0.5, 0.6) is 11.5 Å². The van der Waals surface area contributed by atoms with Crippen LogP contribution < -0.4 is 14.8 Å². The average molecular weight is 315 g/mol. The fraction of sp³-hybridized carbons (Fsp3) is 0.278. The minimum absolute atomic E-state index is 0.00951. The first kappa shape index (κ1) is 15.3. The lowest BCUT2D eigenvalue weighted by Gasteiger charge is -2.13. The van der Waals surface area contributed by atoms with Gasteiger partial charge in [0.2, 0.25) is 0 Å². The van der Waals surface area contributed by atoms with Crippen LogP contribution in [0, 0.1) is 5.82 Å². The average Bonchev–Trinajstić information content (AvgIpc) is 2.87. The molecule has 0 aliphatic carbocycles. The van der Waals surface area contributed by atoms with Crippen molar-refractivity contribution in [2.24, 2.45) is 0 Å². The molecule has 0 saturated heterocycles. The van der Waals surface area contributed by atoms with Crippen LogP contribution in [0.1, 0.15) is 29.8 Å². The molecule has 0 fully saturated rings. The predicted molar refractivity (Wildman–Crippen MR) is 85.8 cm³/mol. The van der Waals surface area contributed by atoms with Gasteiger partial charge in [-0.1, -0.05) is 12.1 Å². The summed E-state index contributed by atoms with van der Waals surface area (Å²) in [5.41, 5.74) is 1.52. The van der Waals surface area contributed by atoms with E-state index >= 15 is 0 Å². The zero-order valence-corrected chi connectivity index (χ0v) is 13.1. The van der Waals surface area contributed by atoms with Gasteiger partial charge in [0, 0.05) is 18.1 Å². The van der Waals surface area contributed by atoms with Gasteiger partial charge in [-0.15, -0.1) is 0 Å². The molecule has 0 saturated carbocycles. The molecule has 5 heteroatoms. The van der Waals surface area contributed by atoms with Crippen LogP contribution in [-0.2, 0) is 6.42 Å². The van der Waals surface area contributed by atoms with Crippen LogP contribution in [0.3, 0.4) is 0 Å². The summed E-state index contributed by atoms with van der Waals surface area (Å²) in [7, 11) is 0. The molecule has 0 unspecified atom stereocenters. The zero-order chi connectivity index (χ0) is 16.4. The Bertz CT molecular complexity index is 745. The summed E-state index contributed by atoms with van der Waals surface area (Å²) in [5, 5.41) is 2.71. The van der Waals surface area contributed by atoms with Crippen molar-refractivity contribution in [1.29, 1.82) is 0 Å². The fourth-order valence-electron chi connectivity index (χ4n) is 2.65. The van der Waals surface area contributed by atoms with Crippen molar-refractivity contribution < 1.29 is 18.7 Å². The highest BCUT2D eigenvalue weighted by molar-refractivity contribution is 6.05. The Balaban J connectivity index is 1.91. The molecule has 2 aromatic rings. The first-order chi connectivity index (χ1) is 11.1. The second-order valence-electron chi connectivity index (χ2n) is 5.46. The molecular weight excluding hydrogens is 297 g/mol. The molecule has 2 aromatic carbocycles. The van der Waals surface area contributed by atoms with Crippen molar-refractivity contribution in [2.45, 2.75) is 26.4 Å². The largest absolute Gasteiger partial charge is 0.492 e. The second-order valence-corrected chi connectivity index (χ2v) is 5.46. The quantitative estimate of drug-likeness (QED) is 0.933. The number of amides is 1. The molecule has 4 nitrogen and oxygen atoms in total. The van der Waals surface area contributed by atoms with Crippen LogP contribution >= 0.6 is 0 Å². The van der Waals surface area contributed by atoms with E-state index in [1.54, 1.807) is 18.2 Å². The number of fused-ring (bicyclic) bond motifs is 1. The Kier molecular flexibility index (Phi) is 4.19. The summed E-state index contributed by atoms with van der Waals surface area (Å²) in [6.45, 7) is 4.32. The summed E-state index contributed by atoms with van der Waals surface area (Å²) < 4.78 is 25.1. The Labute approximate surface area is 134 Å². The minimum atomic E-state index is -0.561. The molecule has 3 rings (SSSR count). The molecule has 1 N–H and O–H groups in total. The third kappa shape index (κ3) is 3.13.